The lowest BCUT2D eigenvalue weighted by Gasteiger charge is -2.13. The van der Waals surface area contributed by atoms with Crippen molar-refractivity contribution in [2.24, 2.45) is 12.0 Å². The molecule has 0 aliphatic carbocycles. The van der Waals surface area contributed by atoms with Gasteiger partial charge in [0.1, 0.15) is 5.82 Å². The fourth-order valence-corrected chi connectivity index (χ4v) is 2.72. The number of hydrogen-bond acceptors (Lipinski definition) is 3. The molecule has 0 saturated carbocycles. The molecule has 1 aromatic heterocycles. The minimum Gasteiger partial charge on any atom is -0.352 e. The molecule has 8 heteroatoms. The zero-order valence-corrected chi connectivity index (χ0v) is 19.0. The molecule has 6 nitrogen and oxygen atoms in total. The van der Waals surface area contributed by atoms with Crippen LogP contribution >= 0.6 is 35.6 Å². The van der Waals surface area contributed by atoms with Crippen molar-refractivity contribution in [2.75, 3.05) is 0 Å². The molecular weight excluding hydrogens is 487 g/mol. The fourth-order valence-electron chi connectivity index (χ4n) is 2.52. The van der Waals surface area contributed by atoms with Crippen molar-refractivity contribution in [1.29, 1.82) is 0 Å². The third kappa shape index (κ3) is 6.20. The lowest BCUT2D eigenvalue weighted by Crippen LogP contribution is -2.37. The Bertz CT molecular complexity index is 910. The van der Waals surface area contributed by atoms with Crippen LogP contribution in [0, 0.1) is 6.92 Å². The van der Waals surface area contributed by atoms with E-state index in [1.54, 1.807) is 0 Å². The number of nitrogens with one attached hydrogen (secondary N) is 2. The molecule has 28 heavy (non-hydrogen) atoms. The molecule has 0 fully saturated rings. The number of guanidine groups is 1. The number of benzene rings is 2. The Kier molecular flexibility index (Phi) is 8.72. The normalized spacial score (nSPS) is 11.0. The first-order valence-corrected chi connectivity index (χ1v) is 9.15. The Balaban J connectivity index is 0.00000280. The molecule has 0 bridgehead atoms. The summed E-state index contributed by atoms with van der Waals surface area (Å²) in [7, 11) is 1.95. The van der Waals surface area contributed by atoms with E-state index in [4.69, 9.17) is 11.6 Å². The van der Waals surface area contributed by atoms with Gasteiger partial charge in [-0.1, -0.05) is 60.1 Å². The van der Waals surface area contributed by atoms with E-state index >= 15 is 0 Å². The first-order valence-electron chi connectivity index (χ1n) is 8.78. The van der Waals surface area contributed by atoms with Crippen molar-refractivity contribution in [2.45, 2.75) is 26.6 Å². The van der Waals surface area contributed by atoms with E-state index in [0.29, 0.717) is 25.6 Å². The van der Waals surface area contributed by atoms with Gasteiger partial charge in [-0.2, -0.15) is 0 Å². The molecule has 0 unspecified atom stereocenters. The molecule has 3 rings (SSSR count). The summed E-state index contributed by atoms with van der Waals surface area (Å²) >= 11 is 6.26. The summed E-state index contributed by atoms with van der Waals surface area (Å²) in [5.41, 5.74) is 2.16. The minimum atomic E-state index is 0. The zero-order chi connectivity index (χ0) is 19.1. The monoisotopic (exact) mass is 510 g/mol. The van der Waals surface area contributed by atoms with Gasteiger partial charge in [0.15, 0.2) is 11.8 Å². The van der Waals surface area contributed by atoms with Gasteiger partial charge in [-0.15, -0.1) is 34.2 Å². The molecule has 0 aliphatic heterocycles. The van der Waals surface area contributed by atoms with Crippen LogP contribution in [0.2, 0.25) is 5.02 Å². The summed E-state index contributed by atoms with van der Waals surface area (Å²) in [6.45, 7) is 3.62. The average molecular weight is 511 g/mol. The van der Waals surface area contributed by atoms with Crippen LogP contribution < -0.4 is 10.6 Å². The number of nitrogens with zero attached hydrogens (tertiary/aromatic N) is 4. The Morgan fingerprint density at radius 1 is 1.00 bits per heavy atom. The van der Waals surface area contributed by atoms with Crippen LogP contribution in [-0.4, -0.2) is 20.7 Å². The summed E-state index contributed by atoms with van der Waals surface area (Å²) < 4.78 is 1.95. The van der Waals surface area contributed by atoms with Gasteiger partial charge in [0.2, 0.25) is 0 Å². The molecule has 1 heterocycles. The van der Waals surface area contributed by atoms with Crippen LogP contribution in [-0.2, 0) is 26.7 Å². The summed E-state index contributed by atoms with van der Waals surface area (Å²) in [4.78, 5) is 4.68. The second kappa shape index (κ2) is 11.0. The standard InChI is InChI=1S/C20H23ClN6.HI/c1-15-25-26-19(27(15)2)14-24-20(22-12-16-8-4-3-5-9-16)23-13-17-10-6-7-11-18(17)21;/h3-11H,12-14H2,1-2H3,(H2,22,23,24);1H. The quantitative estimate of drug-likeness (QED) is 0.300. The van der Waals surface area contributed by atoms with E-state index in [1.807, 2.05) is 61.0 Å². The molecule has 3 aromatic rings. The van der Waals surface area contributed by atoms with Gasteiger partial charge < -0.3 is 15.2 Å². The van der Waals surface area contributed by atoms with E-state index in [1.165, 1.54) is 0 Å². The number of rotatable bonds is 6. The second-order valence-corrected chi connectivity index (χ2v) is 6.58. The minimum absolute atomic E-state index is 0. The van der Waals surface area contributed by atoms with Crippen molar-refractivity contribution >= 4 is 41.5 Å². The van der Waals surface area contributed by atoms with E-state index in [2.05, 4.69) is 38.0 Å². The van der Waals surface area contributed by atoms with Crippen molar-refractivity contribution in [3.8, 4) is 0 Å². The number of hydrogen-bond donors (Lipinski definition) is 2. The first-order chi connectivity index (χ1) is 13.1. The third-order valence-electron chi connectivity index (χ3n) is 4.26. The first kappa shape index (κ1) is 22.2. The second-order valence-electron chi connectivity index (χ2n) is 6.17. The van der Waals surface area contributed by atoms with Crippen LogP contribution in [0.15, 0.2) is 59.6 Å². The van der Waals surface area contributed by atoms with E-state index < -0.39 is 0 Å². The van der Waals surface area contributed by atoms with E-state index in [0.717, 1.165) is 27.8 Å². The van der Waals surface area contributed by atoms with E-state index in [-0.39, 0.29) is 24.0 Å². The van der Waals surface area contributed by atoms with Gasteiger partial charge in [0.25, 0.3) is 0 Å². The van der Waals surface area contributed by atoms with Gasteiger partial charge in [0, 0.05) is 18.6 Å². The SMILES string of the molecule is Cc1nnc(CNC(=NCc2ccccc2)NCc2ccccc2Cl)n1C.I. The van der Waals surface area contributed by atoms with Gasteiger partial charge in [-0.05, 0) is 24.1 Å². The van der Waals surface area contributed by atoms with Gasteiger partial charge in [-0.3, -0.25) is 0 Å². The summed E-state index contributed by atoms with van der Waals surface area (Å²) in [5, 5.41) is 15.7. The summed E-state index contributed by atoms with van der Waals surface area (Å²) in [6.07, 6.45) is 0. The van der Waals surface area contributed by atoms with Crippen molar-refractivity contribution in [3.05, 3.63) is 82.4 Å². The van der Waals surface area contributed by atoms with Crippen LogP contribution in [0.25, 0.3) is 0 Å². The Hall–Kier alpha value is -2.13. The van der Waals surface area contributed by atoms with Crippen molar-refractivity contribution in [1.82, 2.24) is 25.4 Å². The summed E-state index contributed by atoms with van der Waals surface area (Å²) in [6, 6.07) is 17.9. The van der Waals surface area contributed by atoms with Crippen molar-refractivity contribution in [3.63, 3.8) is 0 Å². The predicted octanol–water partition coefficient (Wildman–Crippen LogP) is 3.83. The van der Waals surface area contributed by atoms with Gasteiger partial charge in [-0.25, -0.2) is 4.99 Å². The molecule has 0 saturated heterocycles. The van der Waals surface area contributed by atoms with Crippen LogP contribution in [0.1, 0.15) is 22.8 Å². The lowest BCUT2D eigenvalue weighted by atomic mass is 10.2. The van der Waals surface area contributed by atoms with Crippen LogP contribution in [0.4, 0.5) is 0 Å². The van der Waals surface area contributed by atoms with Crippen molar-refractivity contribution < 1.29 is 0 Å². The zero-order valence-electron chi connectivity index (χ0n) is 15.9. The Morgan fingerprint density at radius 3 is 2.36 bits per heavy atom. The smallest absolute Gasteiger partial charge is 0.192 e. The highest BCUT2D eigenvalue weighted by Crippen LogP contribution is 2.14. The fraction of sp³-hybridized carbons (Fsp3) is 0.250. The average Bonchev–Trinajstić information content (AvgIpc) is 3.01. The van der Waals surface area contributed by atoms with E-state index in [9.17, 15) is 0 Å². The number of aliphatic imine (C=N–C) groups is 1. The molecule has 0 amide bonds. The molecule has 2 aromatic carbocycles. The maximum absolute atomic E-state index is 6.26. The van der Waals surface area contributed by atoms with Crippen LogP contribution in [0.3, 0.4) is 0 Å². The Labute approximate surface area is 187 Å². The molecule has 0 atom stereocenters. The molecule has 0 radical (unpaired) electrons. The molecular formula is C20H24ClIN6. The highest BCUT2D eigenvalue weighted by Gasteiger charge is 2.07. The lowest BCUT2D eigenvalue weighted by molar-refractivity contribution is 0.714. The molecule has 2 N–H and O–H groups in total. The molecule has 0 spiro atoms. The topological polar surface area (TPSA) is 67.1 Å². The molecule has 148 valence electrons. The van der Waals surface area contributed by atoms with Gasteiger partial charge in [0.05, 0.1) is 13.1 Å². The maximum Gasteiger partial charge on any atom is 0.192 e. The highest BCUT2D eigenvalue weighted by molar-refractivity contribution is 14.0. The third-order valence-corrected chi connectivity index (χ3v) is 4.63. The maximum atomic E-state index is 6.26. The molecule has 0 aliphatic rings. The summed E-state index contributed by atoms with van der Waals surface area (Å²) in [5.74, 6) is 2.41. The number of halogens is 2. The highest BCUT2D eigenvalue weighted by atomic mass is 127. The number of aryl methyl sites for hydroxylation is 1. The predicted molar refractivity (Wildman–Crippen MR) is 124 cm³/mol. The number of aromatic nitrogens is 3. The Morgan fingerprint density at radius 2 is 1.68 bits per heavy atom. The van der Waals surface area contributed by atoms with Gasteiger partial charge >= 0.3 is 0 Å². The largest absolute Gasteiger partial charge is 0.352 e. The van der Waals surface area contributed by atoms with Crippen LogP contribution in [0.5, 0.6) is 0 Å².